The van der Waals surface area contributed by atoms with Crippen molar-refractivity contribution in [3.63, 3.8) is 0 Å². The van der Waals surface area contributed by atoms with Gasteiger partial charge in [-0.15, -0.1) is 0 Å². The van der Waals surface area contributed by atoms with Crippen molar-refractivity contribution in [1.82, 2.24) is 24.6 Å². The van der Waals surface area contributed by atoms with Gasteiger partial charge in [-0.25, -0.2) is 9.67 Å². The van der Waals surface area contributed by atoms with E-state index in [-0.39, 0.29) is 0 Å². The van der Waals surface area contributed by atoms with E-state index >= 15 is 0 Å². The largest absolute Gasteiger partial charge is 0.293 e. The zero-order valence-corrected chi connectivity index (χ0v) is 12.9. The minimum atomic E-state index is 0.528. The molecule has 21 heavy (non-hydrogen) atoms. The summed E-state index contributed by atoms with van der Waals surface area (Å²) in [5, 5.41) is 4.51. The minimum absolute atomic E-state index is 0.528. The Kier molecular flexibility index (Phi) is 4.29. The normalized spacial score (nSPS) is 19.8. The summed E-state index contributed by atoms with van der Waals surface area (Å²) >= 11 is 0. The second kappa shape index (κ2) is 6.35. The van der Waals surface area contributed by atoms with Crippen LogP contribution in [0.25, 0.3) is 0 Å². The molecular weight excluding hydrogens is 262 g/mol. The smallest absolute Gasteiger partial charge is 0.147 e. The molecule has 0 aliphatic carbocycles. The molecule has 112 valence electrons. The topological polar surface area (TPSA) is 46.8 Å². The van der Waals surface area contributed by atoms with Gasteiger partial charge in [0, 0.05) is 18.8 Å². The number of rotatable bonds is 4. The quantitative estimate of drug-likeness (QED) is 0.865. The highest BCUT2D eigenvalue weighted by molar-refractivity contribution is 5.04. The molecule has 0 saturated carbocycles. The summed E-state index contributed by atoms with van der Waals surface area (Å²) in [5.74, 6) is 1.87. The fraction of sp³-hybridized carbons (Fsp3) is 0.562. The van der Waals surface area contributed by atoms with Gasteiger partial charge in [-0.3, -0.25) is 9.88 Å². The first-order chi connectivity index (χ1) is 10.2. The second-order valence-corrected chi connectivity index (χ2v) is 5.83. The Hall–Kier alpha value is -1.75. The van der Waals surface area contributed by atoms with E-state index in [0.29, 0.717) is 6.04 Å². The van der Waals surface area contributed by atoms with E-state index in [9.17, 15) is 0 Å². The van der Waals surface area contributed by atoms with Crippen LogP contribution in [-0.4, -0.2) is 37.2 Å². The van der Waals surface area contributed by atoms with Gasteiger partial charge < -0.3 is 0 Å². The minimum Gasteiger partial charge on any atom is -0.293 e. The Morgan fingerprint density at radius 2 is 2.14 bits per heavy atom. The number of likely N-dealkylation sites (tertiary alicyclic amines) is 1. The van der Waals surface area contributed by atoms with E-state index in [0.717, 1.165) is 37.0 Å². The number of piperidine rings is 1. The highest BCUT2D eigenvalue weighted by Gasteiger charge is 2.24. The summed E-state index contributed by atoms with van der Waals surface area (Å²) in [6.45, 7) is 6.99. The van der Waals surface area contributed by atoms with Crippen LogP contribution in [-0.2, 0) is 13.1 Å². The van der Waals surface area contributed by atoms with Crippen molar-refractivity contribution in [2.45, 2.75) is 52.2 Å². The van der Waals surface area contributed by atoms with Crippen LogP contribution < -0.4 is 0 Å². The number of pyridine rings is 1. The van der Waals surface area contributed by atoms with Crippen LogP contribution in [0.5, 0.6) is 0 Å². The molecule has 0 N–H and O–H groups in total. The Morgan fingerprint density at radius 1 is 1.24 bits per heavy atom. The highest BCUT2D eigenvalue weighted by Crippen LogP contribution is 2.20. The van der Waals surface area contributed by atoms with Gasteiger partial charge in [0.2, 0.25) is 0 Å². The van der Waals surface area contributed by atoms with Gasteiger partial charge in [0.1, 0.15) is 11.6 Å². The highest BCUT2D eigenvalue weighted by atomic mass is 15.4. The summed E-state index contributed by atoms with van der Waals surface area (Å²) in [4.78, 5) is 11.4. The van der Waals surface area contributed by atoms with Gasteiger partial charge in [-0.1, -0.05) is 12.5 Å². The van der Waals surface area contributed by atoms with Crippen LogP contribution in [0.3, 0.4) is 0 Å². The Morgan fingerprint density at radius 3 is 2.86 bits per heavy atom. The van der Waals surface area contributed by atoms with E-state index in [4.69, 9.17) is 0 Å². The number of aromatic nitrogens is 4. The standard InChI is InChI=1S/C16H23N5/c1-13-18-14(2)21(19-13)12-16-8-4-6-10-20(16)11-15-7-3-5-9-17-15/h3,5,7,9,16H,4,6,8,10-12H2,1-2H3. The fourth-order valence-corrected chi connectivity index (χ4v) is 3.11. The molecule has 1 saturated heterocycles. The first kappa shape index (κ1) is 14.2. The molecule has 0 spiro atoms. The van der Waals surface area contributed by atoms with Crippen molar-refractivity contribution >= 4 is 0 Å². The van der Waals surface area contributed by atoms with Gasteiger partial charge in [0.25, 0.3) is 0 Å². The summed E-state index contributed by atoms with van der Waals surface area (Å²) in [7, 11) is 0. The molecule has 1 aliphatic heterocycles. The summed E-state index contributed by atoms with van der Waals surface area (Å²) in [6.07, 6.45) is 5.68. The molecule has 0 bridgehead atoms. The number of nitrogens with zero attached hydrogens (tertiary/aromatic N) is 5. The summed E-state index contributed by atoms with van der Waals surface area (Å²) in [6, 6.07) is 6.67. The Labute approximate surface area is 126 Å². The Balaban J connectivity index is 1.71. The number of hydrogen-bond donors (Lipinski definition) is 0. The number of hydrogen-bond acceptors (Lipinski definition) is 4. The maximum atomic E-state index is 4.51. The maximum Gasteiger partial charge on any atom is 0.147 e. The van der Waals surface area contributed by atoms with E-state index in [1.54, 1.807) is 0 Å². The summed E-state index contributed by atoms with van der Waals surface area (Å²) < 4.78 is 2.05. The molecule has 3 heterocycles. The fourth-order valence-electron chi connectivity index (χ4n) is 3.11. The molecule has 1 atom stereocenters. The lowest BCUT2D eigenvalue weighted by Crippen LogP contribution is -2.42. The van der Waals surface area contributed by atoms with E-state index < -0.39 is 0 Å². The predicted molar refractivity (Wildman–Crippen MR) is 81.8 cm³/mol. The summed E-state index contributed by atoms with van der Waals surface area (Å²) in [5.41, 5.74) is 1.15. The van der Waals surface area contributed by atoms with E-state index in [1.165, 1.54) is 19.3 Å². The van der Waals surface area contributed by atoms with Gasteiger partial charge in [0.05, 0.1) is 12.2 Å². The van der Waals surface area contributed by atoms with Crippen molar-refractivity contribution in [1.29, 1.82) is 0 Å². The SMILES string of the molecule is Cc1nc(C)n(CC2CCCCN2Cc2ccccn2)n1. The maximum absolute atomic E-state index is 4.51. The molecule has 3 rings (SSSR count). The average molecular weight is 285 g/mol. The van der Waals surface area contributed by atoms with Crippen LogP contribution in [0.4, 0.5) is 0 Å². The molecule has 0 amide bonds. The molecule has 2 aromatic rings. The molecule has 0 aromatic carbocycles. The van der Waals surface area contributed by atoms with Crippen molar-refractivity contribution < 1.29 is 0 Å². The van der Waals surface area contributed by atoms with Gasteiger partial charge in [0.15, 0.2) is 0 Å². The lowest BCUT2D eigenvalue weighted by Gasteiger charge is -2.35. The monoisotopic (exact) mass is 285 g/mol. The van der Waals surface area contributed by atoms with Crippen molar-refractivity contribution in [3.8, 4) is 0 Å². The molecule has 2 aromatic heterocycles. The van der Waals surface area contributed by atoms with Gasteiger partial charge >= 0.3 is 0 Å². The van der Waals surface area contributed by atoms with E-state index in [2.05, 4.69) is 36.8 Å². The zero-order valence-electron chi connectivity index (χ0n) is 12.9. The van der Waals surface area contributed by atoms with Gasteiger partial charge in [-0.2, -0.15) is 5.10 Å². The third kappa shape index (κ3) is 3.47. The van der Waals surface area contributed by atoms with Crippen LogP contribution in [0.2, 0.25) is 0 Å². The molecular formula is C16H23N5. The Bertz CT molecular complexity index is 578. The lowest BCUT2D eigenvalue weighted by molar-refractivity contribution is 0.119. The molecule has 1 fully saturated rings. The molecule has 0 radical (unpaired) electrons. The lowest BCUT2D eigenvalue weighted by atomic mass is 10.0. The van der Waals surface area contributed by atoms with Crippen molar-refractivity contribution in [2.24, 2.45) is 0 Å². The van der Waals surface area contributed by atoms with Crippen molar-refractivity contribution in [2.75, 3.05) is 6.54 Å². The van der Waals surface area contributed by atoms with Crippen LogP contribution in [0.15, 0.2) is 24.4 Å². The van der Waals surface area contributed by atoms with Crippen LogP contribution in [0, 0.1) is 13.8 Å². The third-order valence-electron chi connectivity index (χ3n) is 4.19. The second-order valence-electron chi connectivity index (χ2n) is 5.83. The predicted octanol–water partition coefficient (Wildman–Crippen LogP) is 2.34. The van der Waals surface area contributed by atoms with Crippen LogP contribution >= 0.6 is 0 Å². The number of aryl methyl sites for hydroxylation is 2. The average Bonchev–Trinajstić information content (AvgIpc) is 2.80. The first-order valence-electron chi connectivity index (χ1n) is 7.74. The van der Waals surface area contributed by atoms with Crippen molar-refractivity contribution in [3.05, 3.63) is 41.7 Å². The molecule has 5 nitrogen and oxygen atoms in total. The van der Waals surface area contributed by atoms with Crippen LogP contribution in [0.1, 0.15) is 36.6 Å². The van der Waals surface area contributed by atoms with E-state index in [1.807, 2.05) is 26.1 Å². The molecule has 1 unspecified atom stereocenters. The molecule has 5 heteroatoms. The molecule has 1 aliphatic rings. The zero-order chi connectivity index (χ0) is 14.7. The third-order valence-corrected chi connectivity index (χ3v) is 4.19. The van der Waals surface area contributed by atoms with Gasteiger partial charge in [-0.05, 0) is 45.4 Å². The first-order valence-corrected chi connectivity index (χ1v) is 7.74.